The van der Waals surface area contributed by atoms with E-state index in [1.165, 1.54) is 11.3 Å². The molecule has 1 aromatic carbocycles. The largest absolute Gasteiger partial charge is 0.496 e. The number of imidazole rings is 1. The van der Waals surface area contributed by atoms with Crippen LogP contribution in [0.4, 0.5) is 5.82 Å². The normalized spacial score (nSPS) is 11.0. The third-order valence-corrected chi connectivity index (χ3v) is 3.60. The van der Waals surface area contributed by atoms with Crippen LogP contribution in [0, 0.1) is 6.92 Å². The highest BCUT2D eigenvalue weighted by Gasteiger charge is 2.13. The summed E-state index contributed by atoms with van der Waals surface area (Å²) in [5.41, 5.74) is 7.76. The van der Waals surface area contributed by atoms with Crippen molar-refractivity contribution < 1.29 is 4.74 Å². The lowest BCUT2D eigenvalue weighted by molar-refractivity contribution is 0.416. The average molecular weight is 260 g/mol. The van der Waals surface area contributed by atoms with Gasteiger partial charge in [0.05, 0.1) is 18.9 Å². The molecule has 5 nitrogen and oxygen atoms in total. The topological polar surface area (TPSA) is 65.4 Å². The molecule has 0 radical (unpaired) electrons. The fourth-order valence-corrected chi connectivity index (χ4v) is 2.72. The van der Waals surface area contributed by atoms with E-state index in [0.29, 0.717) is 5.82 Å². The van der Waals surface area contributed by atoms with Gasteiger partial charge in [0.15, 0.2) is 5.01 Å². The molecule has 92 valence electrons. The SMILES string of the molecule is COc1ccc(C)cc1-c1nn2cc(N)nc2s1. The number of fused-ring (bicyclic) bond motifs is 1. The van der Waals surface area contributed by atoms with Crippen molar-refractivity contribution in [1.29, 1.82) is 0 Å². The van der Waals surface area contributed by atoms with E-state index in [0.717, 1.165) is 26.8 Å². The molecule has 0 aliphatic rings. The average Bonchev–Trinajstić information content (AvgIpc) is 2.85. The van der Waals surface area contributed by atoms with Gasteiger partial charge in [-0.2, -0.15) is 5.10 Å². The number of nitrogens with two attached hydrogens (primary N) is 1. The van der Waals surface area contributed by atoms with Crippen molar-refractivity contribution in [3.63, 3.8) is 0 Å². The number of nitrogen functional groups attached to an aromatic ring is 1. The minimum Gasteiger partial charge on any atom is -0.496 e. The van der Waals surface area contributed by atoms with Crippen molar-refractivity contribution in [2.75, 3.05) is 12.8 Å². The molecule has 0 aliphatic heterocycles. The van der Waals surface area contributed by atoms with Crippen LogP contribution in [-0.4, -0.2) is 21.7 Å². The number of hydrogen-bond donors (Lipinski definition) is 1. The van der Waals surface area contributed by atoms with Gasteiger partial charge in [-0.15, -0.1) is 0 Å². The van der Waals surface area contributed by atoms with Crippen molar-refractivity contribution in [3.8, 4) is 16.3 Å². The second-order valence-corrected chi connectivity index (χ2v) is 4.96. The number of aromatic nitrogens is 3. The quantitative estimate of drug-likeness (QED) is 0.768. The molecule has 6 heteroatoms. The van der Waals surface area contributed by atoms with Crippen LogP contribution in [0.2, 0.25) is 0 Å². The molecule has 3 rings (SSSR count). The summed E-state index contributed by atoms with van der Waals surface area (Å²) in [5.74, 6) is 1.29. The Hall–Kier alpha value is -2.08. The Balaban J connectivity index is 2.18. The zero-order valence-electron chi connectivity index (χ0n) is 10.0. The lowest BCUT2D eigenvalue weighted by Gasteiger charge is -2.06. The Morgan fingerprint density at radius 3 is 2.94 bits per heavy atom. The van der Waals surface area contributed by atoms with Crippen LogP contribution < -0.4 is 10.5 Å². The molecule has 2 aromatic heterocycles. The highest BCUT2D eigenvalue weighted by molar-refractivity contribution is 7.19. The van der Waals surface area contributed by atoms with Crippen LogP contribution in [0.5, 0.6) is 5.75 Å². The van der Waals surface area contributed by atoms with E-state index in [-0.39, 0.29) is 0 Å². The molecule has 3 aromatic rings. The third-order valence-electron chi connectivity index (χ3n) is 2.65. The zero-order chi connectivity index (χ0) is 12.7. The number of anilines is 1. The van der Waals surface area contributed by atoms with Gasteiger partial charge in [0.2, 0.25) is 4.96 Å². The minimum absolute atomic E-state index is 0.483. The number of nitrogens with zero attached hydrogens (tertiary/aromatic N) is 3. The molecule has 0 saturated carbocycles. The van der Waals surface area contributed by atoms with Gasteiger partial charge in [0, 0.05) is 0 Å². The molecular formula is C12H12N4OS. The Bertz CT molecular complexity index is 685. The number of aryl methyl sites for hydroxylation is 1. The monoisotopic (exact) mass is 260 g/mol. The molecule has 0 spiro atoms. The van der Waals surface area contributed by atoms with Gasteiger partial charge in [0.25, 0.3) is 0 Å². The summed E-state index contributed by atoms with van der Waals surface area (Å²) in [5, 5.41) is 5.34. The standard InChI is InChI=1S/C12H12N4OS/c1-7-3-4-9(17-2)8(5-7)11-15-16-6-10(13)14-12(16)18-11/h3-6H,13H2,1-2H3. The van der Waals surface area contributed by atoms with Gasteiger partial charge in [0.1, 0.15) is 11.6 Å². The maximum absolute atomic E-state index is 5.61. The molecule has 18 heavy (non-hydrogen) atoms. The van der Waals surface area contributed by atoms with E-state index in [4.69, 9.17) is 10.5 Å². The number of hydrogen-bond acceptors (Lipinski definition) is 5. The minimum atomic E-state index is 0.483. The van der Waals surface area contributed by atoms with E-state index in [1.54, 1.807) is 17.8 Å². The van der Waals surface area contributed by atoms with Gasteiger partial charge in [-0.25, -0.2) is 9.50 Å². The molecule has 0 saturated heterocycles. The summed E-state index contributed by atoms with van der Waals surface area (Å²) in [6, 6.07) is 6.02. The number of methoxy groups -OCH3 is 1. The summed E-state index contributed by atoms with van der Waals surface area (Å²) >= 11 is 1.49. The first-order valence-corrected chi connectivity index (χ1v) is 6.26. The van der Waals surface area contributed by atoms with Crippen molar-refractivity contribution in [1.82, 2.24) is 14.6 Å². The Morgan fingerprint density at radius 2 is 2.22 bits per heavy atom. The predicted molar refractivity (Wildman–Crippen MR) is 72.0 cm³/mol. The van der Waals surface area contributed by atoms with Crippen molar-refractivity contribution in [2.45, 2.75) is 6.92 Å². The predicted octanol–water partition coefficient (Wildman–Crippen LogP) is 2.36. The molecule has 0 aliphatic carbocycles. The maximum atomic E-state index is 5.61. The van der Waals surface area contributed by atoms with Gasteiger partial charge in [-0.05, 0) is 19.1 Å². The maximum Gasteiger partial charge on any atom is 0.214 e. The van der Waals surface area contributed by atoms with Crippen LogP contribution >= 0.6 is 11.3 Å². The number of benzene rings is 1. The first kappa shape index (κ1) is 11.0. The lowest BCUT2D eigenvalue weighted by Crippen LogP contribution is -1.90. The third kappa shape index (κ3) is 1.70. The molecule has 0 atom stereocenters. The Kier molecular flexibility index (Phi) is 2.45. The van der Waals surface area contributed by atoms with Crippen molar-refractivity contribution >= 4 is 22.1 Å². The number of rotatable bonds is 2. The summed E-state index contributed by atoms with van der Waals surface area (Å²) in [6.45, 7) is 2.04. The molecule has 0 unspecified atom stereocenters. The zero-order valence-corrected chi connectivity index (χ0v) is 10.9. The second-order valence-electron chi connectivity index (χ2n) is 4.00. The second kappa shape index (κ2) is 3.99. The molecular weight excluding hydrogens is 248 g/mol. The van der Waals surface area contributed by atoms with Crippen LogP contribution in [0.25, 0.3) is 15.5 Å². The van der Waals surface area contributed by atoms with Gasteiger partial charge in [-0.3, -0.25) is 0 Å². The van der Waals surface area contributed by atoms with Crippen molar-refractivity contribution in [3.05, 3.63) is 30.0 Å². The Morgan fingerprint density at radius 1 is 1.39 bits per heavy atom. The van der Waals surface area contributed by atoms with Crippen molar-refractivity contribution in [2.24, 2.45) is 0 Å². The smallest absolute Gasteiger partial charge is 0.214 e. The Labute approximate surface area is 108 Å². The van der Waals surface area contributed by atoms with Crippen LogP contribution in [0.1, 0.15) is 5.56 Å². The fraction of sp³-hybridized carbons (Fsp3) is 0.167. The molecule has 0 fully saturated rings. The van der Waals surface area contributed by atoms with Crippen LogP contribution in [0.3, 0.4) is 0 Å². The van der Waals surface area contributed by atoms with Crippen LogP contribution in [-0.2, 0) is 0 Å². The van der Waals surface area contributed by atoms with Crippen LogP contribution in [0.15, 0.2) is 24.4 Å². The summed E-state index contributed by atoms with van der Waals surface area (Å²) in [7, 11) is 1.66. The molecule has 0 amide bonds. The summed E-state index contributed by atoms with van der Waals surface area (Å²) in [6.07, 6.45) is 1.71. The van der Waals surface area contributed by atoms with E-state index in [9.17, 15) is 0 Å². The molecule has 0 bridgehead atoms. The first-order valence-electron chi connectivity index (χ1n) is 5.44. The molecule has 2 N–H and O–H groups in total. The van der Waals surface area contributed by atoms with E-state index < -0.39 is 0 Å². The van der Waals surface area contributed by atoms with Gasteiger partial charge < -0.3 is 10.5 Å². The van der Waals surface area contributed by atoms with E-state index in [2.05, 4.69) is 16.1 Å². The fourth-order valence-electron chi connectivity index (χ4n) is 1.81. The highest BCUT2D eigenvalue weighted by Crippen LogP contribution is 2.33. The molecule has 2 heterocycles. The van der Waals surface area contributed by atoms with E-state index in [1.807, 2.05) is 19.1 Å². The lowest BCUT2D eigenvalue weighted by atomic mass is 10.1. The van der Waals surface area contributed by atoms with E-state index >= 15 is 0 Å². The van der Waals surface area contributed by atoms with Gasteiger partial charge in [-0.1, -0.05) is 23.0 Å². The summed E-state index contributed by atoms with van der Waals surface area (Å²) in [4.78, 5) is 4.98. The number of ether oxygens (including phenoxy) is 1. The van der Waals surface area contributed by atoms with Gasteiger partial charge >= 0.3 is 0 Å². The summed E-state index contributed by atoms with van der Waals surface area (Å²) < 4.78 is 7.05. The highest BCUT2D eigenvalue weighted by atomic mass is 32.1. The first-order chi connectivity index (χ1) is 8.67.